The van der Waals surface area contributed by atoms with Gasteiger partial charge in [0.25, 0.3) is 11.6 Å². The third kappa shape index (κ3) is 5.08. The lowest BCUT2D eigenvalue weighted by Gasteiger charge is -2.29. The third-order valence-electron chi connectivity index (χ3n) is 5.10. The number of ether oxygens (including phenoxy) is 2. The van der Waals surface area contributed by atoms with E-state index in [0.717, 1.165) is 6.07 Å². The summed E-state index contributed by atoms with van der Waals surface area (Å²) in [4.78, 5) is 25.3. The van der Waals surface area contributed by atoms with Gasteiger partial charge in [0.15, 0.2) is 21.3 Å². The molecule has 0 bridgehead atoms. The number of rotatable bonds is 7. The van der Waals surface area contributed by atoms with Gasteiger partial charge in [-0.15, -0.1) is 0 Å². The molecule has 0 spiro atoms. The van der Waals surface area contributed by atoms with E-state index in [9.17, 15) is 23.3 Å². The molecule has 0 saturated carbocycles. The summed E-state index contributed by atoms with van der Waals surface area (Å²) in [5, 5.41) is 11.2. The van der Waals surface area contributed by atoms with Crippen molar-refractivity contribution in [1.82, 2.24) is 4.90 Å². The van der Waals surface area contributed by atoms with Crippen molar-refractivity contribution >= 4 is 33.0 Å². The largest absolute Gasteiger partial charge is 0.493 e. The first kappa shape index (κ1) is 22.8. The molecule has 1 saturated heterocycles. The topological polar surface area (TPSA) is 116 Å². The summed E-state index contributed by atoms with van der Waals surface area (Å²) in [6.07, 6.45) is 0.272. The lowest BCUT2D eigenvalue weighted by Crippen LogP contribution is -2.40. The van der Waals surface area contributed by atoms with Gasteiger partial charge in [-0.3, -0.25) is 14.9 Å². The van der Waals surface area contributed by atoms with Crippen LogP contribution in [0, 0.1) is 10.1 Å². The number of hydrogen-bond acceptors (Lipinski definition) is 7. The van der Waals surface area contributed by atoms with Crippen molar-refractivity contribution in [1.29, 1.82) is 0 Å². The van der Waals surface area contributed by atoms with Crippen LogP contribution in [0.4, 0.5) is 5.69 Å². The van der Waals surface area contributed by atoms with Gasteiger partial charge >= 0.3 is 0 Å². The maximum atomic E-state index is 13.4. The van der Waals surface area contributed by atoms with Gasteiger partial charge < -0.3 is 14.4 Å². The molecular formula is C20H21ClN2O7S. The fourth-order valence-electron chi connectivity index (χ4n) is 3.51. The van der Waals surface area contributed by atoms with E-state index < -0.39 is 26.7 Å². The Labute approximate surface area is 184 Å². The molecule has 0 radical (unpaired) electrons. The number of hydrogen-bond donors (Lipinski definition) is 0. The maximum absolute atomic E-state index is 13.4. The van der Waals surface area contributed by atoms with Crippen LogP contribution in [0.1, 0.15) is 22.3 Å². The second kappa shape index (κ2) is 9.11. The Hall–Kier alpha value is -2.85. The van der Waals surface area contributed by atoms with Crippen molar-refractivity contribution in [3.8, 4) is 11.5 Å². The lowest BCUT2D eigenvalue weighted by molar-refractivity contribution is -0.384. The average molecular weight is 469 g/mol. The van der Waals surface area contributed by atoms with Crippen LogP contribution in [-0.2, 0) is 16.4 Å². The molecular weight excluding hydrogens is 448 g/mol. The first-order valence-electron chi connectivity index (χ1n) is 9.31. The molecule has 1 unspecified atom stereocenters. The number of carbonyl (C=O) groups is 1. The molecule has 31 heavy (non-hydrogen) atoms. The Morgan fingerprint density at radius 3 is 2.48 bits per heavy atom. The van der Waals surface area contributed by atoms with Crippen LogP contribution in [-0.4, -0.2) is 55.9 Å². The Bertz CT molecular complexity index is 1120. The zero-order valence-electron chi connectivity index (χ0n) is 16.9. The summed E-state index contributed by atoms with van der Waals surface area (Å²) >= 11 is 6.17. The van der Waals surface area contributed by atoms with E-state index in [1.54, 1.807) is 18.2 Å². The Kier molecular flexibility index (Phi) is 6.71. The molecule has 1 amide bonds. The van der Waals surface area contributed by atoms with Crippen LogP contribution in [0.25, 0.3) is 0 Å². The summed E-state index contributed by atoms with van der Waals surface area (Å²) in [6, 6.07) is 8.13. The van der Waals surface area contributed by atoms with E-state index in [1.165, 1.54) is 31.3 Å². The van der Waals surface area contributed by atoms with E-state index in [2.05, 4.69) is 0 Å². The minimum atomic E-state index is -3.28. The summed E-state index contributed by atoms with van der Waals surface area (Å²) in [7, 11) is -0.299. The van der Waals surface area contributed by atoms with Gasteiger partial charge in [0, 0.05) is 24.7 Å². The number of methoxy groups -OCH3 is 2. The number of nitro benzene ring substituents is 1. The summed E-state index contributed by atoms with van der Waals surface area (Å²) in [5.74, 6) is 0.175. The number of non-ortho nitro benzene ring substituents is 1. The standard InChI is InChI=1S/C20H21ClN2O7S/c1-29-18-6-3-13(9-19(18)30-2)11-22(15-7-8-31(27,28)12-15)20(24)16-10-14(23(25)26)4-5-17(16)21/h3-6,9-10,15H,7-8,11-12H2,1-2H3. The first-order valence-corrected chi connectivity index (χ1v) is 11.5. The highest BCUT2D eigenvalue weighted by Gasteiger charge is 2.36. The molecule has 1 fully saturated rings. The predicted octanol–water partition coefficient (Wildman–Crippen LogP) is 3.09. The van der Waals surface area contributed by atoms with E-state index in [1.807, 2.05) is 0 Å². The molecule has 3 rings (SSSR count). The van der Waals surface area contributed by atoms with Gasteiger partial charge in [-0.25, -0.2) is 8.42 Å². The molecule has 0 aromatic heterocycles. The predicted molar refractivity (Wildman–Crippen MR) is 115 cm³/mol. The van der Waals surface area contributed by atoms with Crippen LogP contribution in [0.3, 0.4) is 0 Å². The molecule has 9 nitrogen and oxygen atoms in total. The molecule has 1 heterocycles. The zero-order valence-corrected chi connectivity index (χ0v) is 18.5. The Morgan fingerprint density at radius 2 is 1.90 bits per heavy atom. The smallest absolute Gasteiger partial charge is 0.270 e. The molecule has 1 aliphatic heterocycles. The number of amides is 1. The molecule has 1 aliphatic rings. The second-order valence-corrected chi connectivity index (χ2v) is 9.74. The van der Waals surface area contributed by atoms with Gasteiger partial charge in [0.1, 0.15) is 0 Å². The van der Waals surface area contributed by atoms with Crippen molar-refractivity contribution in [3.63, 3.8) is 0 Å². The molecule has 11 heteroatoms. The zero-order chi connectivity index (χ0) is 22.8. The third-order valence-corrected chi connectivity index (χ3v) is 7.18. The van der Waals surface area contributed by atoms with Gasteiger partial charge in [-0.1, -0.05) is 17.7 Å². The fourth-order valence-corrected chi connectivity index (χ4v) is 5.44. The number of carbonyl (C=O) groups excluding carboxylic acids is 1. The van der Waals surface area contributed by atoms with Crippen LogP contribution in [0.15, 0.2) is 36.4 Å². The van der Waals surface area contributed by atoms with Gasteiger partial charge in [-0.2, -0.15) is 0 Å². The number of nitro groups is 1. The van der Waals surface area contributed by atoms with Crippen molar-refractivity contribution in [2.45, 2.75) is 19.0 Å². The monoisotopic (exact) mass is 468 g/mol. The highest BCUT2D eigenvalue weighted by molar-refractivity contribution is 7.91. The summed E-state index contributed by atoms with van der Waals surface area (Å²) in [5.41, 5.74) is 0.343. The van der Waals surface area contributed by atoms with Crippen molar-refractivity contribution in [2.75, 3.05) is 25.7 Å². The van der Waals surface area contributed by atoms with Gasteiger partial charge in [-0.05, 0) is 30.2 Å². The maximum Gasteiger partial charge on any atom is 0.270 e. The molecule has 0 N–H and O–H groups in total. The SMILES string of the molecule is COc1ccc(CN(C(=O)c2cc([N+](=O)[O-])ccc2Cl)C2CCS(=O)(=O)C2)cc1OC. The quantitative estimate of drug-likeness (QED) is 0.452. The summed E-state index contributed by atoms with van der Waals surface area (Å²) in [6.45, 7) is 0.0679. The minimum Gasteiger partial charge on any atom is -0.493 e. The van der Waals surface area contributed by atoms with Crippen LogP contribution in [0.2, 0.25) is 5.02 Å². The van der Waals surface area contributed by atoms with Crippen molar-refractivity contribution < 1.29 is 27.6 Å². The molecule has 2 aromatic rings. The molecule has 2 aromatic carbocycles. The minimum absolute atomic E-state index is 0.0317. The van der Waals surface area contributed by atoms with Crippen LogP contribution in [0.5, 0.6) is 11.5 Å². The van der Waals surface area contributed by atoms with Crippen LogP contribution >= 0.6 is 11.6 Å². The molecule has 0 aliphatic carbocycles. The van der Waals surface area contributed by atoms with E-state index in [0.29, 0.717) is 17.1 Å². The van der Waals surface area contributed by atoms with Gasteiger partial charge in [0.05, 0.1) is 41.2 Å². The Balaban J connectivity index is 2.01. The van der Waals surface area contributed by atoms with Crippen molar-refractivity contribution in [3.05, 3.63) is 62.7 Å². The molecule has 166 valence electrons. The number of halogens is 1. The highest BCUT2D eigenvalue weighted by Crippen LogP contribution is 2.31. The lowest BCUT2D eigenvalue weighted by atomic mass is 10.1. The van der Waals surface area contributed by atoms with Crippen LogP contribution < -0.4 is 9.47 Å². The second-order valence-electron chi connectivity index (χ2n) is 7.10. The van der Waals surface area contributed by atoms with E-state index in [-0.39, 0.29) is 40.7 Å². The number of sulfone groups is 1. The van der Waals surface area contributed by atoms with Gasteiger partial charge in [0.2, 0.25) is 0 Å². The number of benzene rings is 2. The average Bonchev–Trinajstić information content (AvgIpc) is 3.10. The van der Waals surface area contributed by atoms with Crippen molar-refractivity contribution in [2.24, 2.45) is 0 Å². The fraction of sp³-hybridized carbons (Fsp3) is 0.350. The first-order chi connectivity index (χ1) is 14.6. The van der Waals surface area contributed by atoms with E-state index in [4.69, 9.17) is 21.1 Å². The summed E-state index contributed by atoms with van der Waals surface area (Å²) < 4.78 is 34.7. The highest BCUT2D eigenvalue weighted by atomic mass is 35.5. The van der Waals surface area contributed by atoms with E-state index >= 15 is 0 Å². The number of nitrogens with zero attached hydrogens (tertiary/aromatic N) is 2. The normalized spacial score (nSPS) is 17.2. The molecule has 1 atom stereocenters. The Morgan fingerprint density at radius 1 is 1.19 bits per heavy atom.